The summed E-state index contributed by atoms with van der Waals surface area (Å²) in [6, 6.07) is 6.98. The highest BCUT2D eigenvalue weighted by Crippen LogP contribution is 2.29. The first-order chi connectivity index (χ1) is 8.20. The summed E-state index contributed by atoms with van der Waals surface area (Å²) < 4.78 is 5.46. The number of ether oxygens (including phenoxy) is 1. The summed E-state index contributed by atoms with van der Waals surface area (Å²) in [7, 11) is 1.74. The molecule has 3 nitrogen and oxygen atoms in total. The van der Waals surface area contributed by atoms with Crippen LogP contribution in [0.3, 0.4) is 0 Å². The molecule has 1 aromatic rings. The van der Waals surface area contributed by atoms with Crippen molar-refractivity contribution in [1.82, 2.24) is 5.32 Å². The van der Waals surface area contributed by atoms with Crippen LogP contribution < -0.4 is 15.0 Å². The van der Waals surface area contributed by atoms with E-state index >= 15 is 0 Å². The Morgan fingerprint density at radius 2 is 2.18 bits per heavy atom. The van der Waals surface area contributed by atoms with Gasteiger partial charge < -0.3 is 15.0 Å². The van der Waals surface area contributed by atoms with Crippen molar-refractivity contribution in [2.45, 2.75) is 26.3 Å². The van der Waals surface area contributed by atoms with E-state index < -0.39 is 0 Å². The summed E-state index contributed by atoms with van der Waals surface area (Å²) in [5.41, 5.74) is 2.51. The molecule has 1 fully saturated rings. The largest absolute Gasteiger partial charge is 0.495 e. The predicted molar refractivity (Wildman–Crippen MR) is 72.0 cm³/mol. The second-order valence-electron chi connectivity index (χ2n) is 4.81. The normalized spacial score (nSPS) is 21.1. The Kier molecular flexibility index (Phi) is 3.89. The van der Waals surface area contributed by atoms with Crippen LogP contribution in [-0.4, -0.2) is 32.8 Å². The van der Waals surface area contributed by atoms with E-state index in [9.17, 15) is 0 Å². The smallest absolute Gasteiger partial charge is 0.142 e. The van der Waals surface area contributed by atoms with Gasteiger partial charge in [-0.05, 0) is 38.0 Å². The maximum Gasteiger partial charge on any atom is 0.142 e. The molecule has 0 spiro atoms. The van der Waals surface area contributed by atoms with Crippen molar-refractivity contribution >= 4 is 5.69 Å². The summed E-state index contributed by atoms with van der Waals surface area (Å²) in [6.45, 7) is 7.55. The Bertz CT molecular complexity index is 378. The van der Waals surface area contributed by atoms with E-state index in [1.54, 1.807) is 7.11 Å². The number of nitrogens with zero attached hydrogens (tertiary/aromatic N) is 1. The summed E-state index contributed by atoms with van der Waals surface area (Å²) in [6.07, 6.45) is 1.18. The average Bonchev–Trinajstić information content (AvgIpc) is 2.54. The Morgan fingerprint density at radius 1 is 1.35 bits per heavy atom. The fourth-order valence-electron chi connectivity index (χ4n) is 2.30. The second-order valence-corrected chi connectivity index (χ2v) is 4.81. The number of rotatable bonds is 2. The van der Waals surface area contributed by atoms with Crippen molar-refractivity contribution in [1.29, 1.82) is 0 Å². The van der Waals surface area contributed by atoms with E-state index in [1.807, 2.05) is 0 Å². The minimum absolute atomic E-state index is 0.607. The lowest BCUT2D eigenvalue weighted by Crippen LogP contribution is -2.29. The van der Waals surface area contributed by atoms with E-state index in [2.05, 4.69) is 42.3 Å². The lowest BCUT2D eigenvalue weighted by molar-refractivity contribution is 0.414. The molecule has 1 aliphatic rings. The van der Waals surface area contributed by atoms with Crippen molar-refractivity contribution in [2.24, 2.45) is 0 Å². The third-order valence-electron chi connectivity index (χ3n) is 3.38. The van der Waals surface area contributed by atoms with Gasteiger partial charge in [-0.25, -0.2) is 0 Å². The first kappa shape index (κ1) is 12.2. The Balaban J connectivity index is 2.22. The number of methoxy groups -OCH3 is 1. The van der Waals surface area contributed by atoms with E-state index in [4.69, 9.17) is 4.74 Å². The highest BCUT2D eigenvalue weighted by Gasteiger charge is 2.16. The fraction of sp³-hybridized carbons (Fsp3) is 0.571. The van der Waals surface area contributed by atoms with Gasteiger partial charge in [0.05, 0.1) is 12.8 Å². The SMILES string of the molecule is COc1ccc(C)cc1N1CCNC(C)CC1. The zero-order valence-electron chi connectivity index (χ0n) is 11.0. The number of nitrogens with one attached hydrogen (secondary N) is 1. The average molecular weight is 234 g/mol. The number of hydrogen-bond donors (Lipinski definition) is 1. The molecular weight excluding hydrogens is 212 g/mol. The zero-order chi connectivity index (χ0) is 12.3. The predicted octanol–water partition coefficient (Wildman–Crippen LogP) is 2.19. The molecule has 1 unspecified atom stereocenters. The lowest BCUT2D eigenvalue weighted by atomic mass is 10.1. The maximum atomic E-state index is 5.46. The Hall–Kier alpha value is -1.22. The van der Waals surface area contributed by atoms with E-state index in [-0.39, 0.29) is 0 Å². The van der Waals surface area contributed by atoms with Gasteiger partial charge >= 0.3 is 0 Å². The molecule has 1 aliphatic heterocycles. The summed E-state index contributed by atoms with van der Waals surface area (Å²) in [5, 5.41) is 3.51. The quantitative estimate of drug-likeness (QED) is 0.849. The lowest BCUT2D eigenvalue weighted by Gasteiger charge is -2.24. The van der Waals surface area contributed by atoms with Crippen LogP contribution >= 0.6 is 0 Å². The number of hydrogen-bond acceptors (Lipinski definition) is 3. The Labute approximate surface area is 104 Å². The third-order valence-corrected chi connectivity index (χ3v) is 3.38. The van der Waals surface area contributed by atoms with Gasteiger partial charge in [0, 0.05) is 25.7 Å². The minimum atomic E-state index is 0.607. The zero-order valence-corrected chi connectivity index (χ0v) is 11.0. The van der Waals surface area contributed by atoms with Crippen LogP contribution in [0.4, 0.5) is 5.69 Å². The standard InChI is InChI=1S/C14H22N2O/c1-11-4-5-14(17-3)13(10-11)16-8-6-12(2)15-7-9-16/h4-5,10,12,15H,6-9H2,1-3H3. The highest BCUT2D eigenvalue weighted by atomic mass is 16.5. The molecule has 0 saturated carbocycles. The maximum absolute atomic E-state index is 5.46. The van der Waals surface area contributed by atoms with E-state index in [0.717, 1.165) is 25.4 Å². The van der Waals surface area contributed by atoms with Crippen molar-refractivity contribution in [3.8, 4) is 5.75 Å². The third kappa shape index (κ3) is 2.91. The first-order valence-electron chi connectivity index (χ1n) is 6.33. The van der Waals surface area contributed by atoms with Gasteiger partial charge in [0.1, 0.15) is 5.75 Å². The molecule has 3 heteroatoms. The van der Waals surface area contributed by atoms with Crippen LogP contribution in [0.5, 0.6) is 5.75 Å². The van der Waals surface area contributed by atoms with Crippen molar-refractivity contribution < 1.29 is 4.74 Å². The van der Waals surface area contributed by atoms with E-state index in [1.165, 1.54) is 17.7 Å². The van der Waals surface area contributed by atoms with E-state index in [0.29, 0.717) is 6.04 Å². The number of aryl methyl sites for hydroxylation is 1. The molecule has 0 amide bonds. The highest BCUT2D eigenvalue weighted by molar-refractivity contribution is 5.60. The summed E-state index contributed by atoms with van der Waals surface area (Å²) in [4.78, 5) is 2.42. The van der Waals surface area contributed by atoms with Gasteiger partial charge in [0.25, 0.3) is 0 Å². The summed E-state index contributed by atoms with van der Waals surface area (Å²) in [5.74, 6) is 0.977. The molecule has 0 aromatic heterocycles. The molecule has 1 atom stereocenters. The molecular formula is C14H22N2O. The molecule has 1 saturated heterocycles. The monoisotopic (exact) mass is 234 g/mol. The van der Waals surface area contributed by atoms with Crippen molar-refractivity contribution in [3.63, 3.8) is 0 Å². The molecule has 94 valence electrons. The van der Waals surface area contributed by atoms with Gasteiger partial charge in [0.15, 0.2) is 0 Å². The van der Waals surface area contributed by atoms with Crippen LogP contribution in [0.15, 0.2) is 18.2 Å². The molecule has 0 aliphatic carbocycles. The van der Waals surface area contributed by atoms with Gasteiger partial charge in [-0.1, -0.05) is 6.07 Å². The molecule has 2 rings (SSSR count). The van der Waals surface area contributed by atoms with Gasteiger partial charge in [-0.15, -0.1) is 0 Å². The van der Waals surface area contributed by atoms with Gasteiger partial charge in [-0.2, -0.15) is 0 Å². The fourth-order valence-corrected chi connectivity index (χ4v) is 2.30. The molecule has 1 N–H and O–H groups in total. The van der Waals surface area contributed by atoms with Crippen LogP contribution in [0.2, 0.25) is 0 Å². The van der Waals surface area contributed by atoms with Crippen LogP contribution in [0.1, 0.15) is 18.9 Å². The minimum Gasteiger partial charge on any atom is -0.495 e. The van der Waals surface area contributed by atoms with Gasteiger partial charge in [0.2, 0.25) is 0 Å². The van der Waals surface area contributed by atoms with Crippen molar-refractivity contribution in [3.05, 3.63) is 23.8 Å². The first-order valence-corrected chi connectivity index (χ1v) is 6.33. The van der Waals surface area contributed by atoms with Gasteiger partial charge in [-0.3, -0.25) is 0 Å². The number of anilines is 1. The molecule has 1 heterocycles. The van der Waals surface area contributed by atoms with Crippen LogP contribution in [0.25, 0.3) is 0 Å². The Morgan fingerprint density at radius 3 is 2.94 bits per heavy atom. The second kappa shape index (κ2) is 5.41. The van der Waals surface area contributed by atoms with Crippen molar-refractivity contribution in [2.75, 3.05) is 31.6 Å². The van der Waals surface area contributed by atoms with Crippen LogP contribution in [-0.2, 0) is 0 Å². The molecule has 17 heavy (non-hydrogen) atoms. The topological polar surface area (TPSA) is 24.5 Å². The summed E-state index contributed by atoms with van der Waals surface area (Å²) >= 11 is 0. The molecule has 0 radical (unpaired) electrons. The molecule has 0 bridgehead atoms. The van der Waals surface area contributed by atoms with Crippen LogP contribution in [0, 0.1) is 6.92 Å². The molecule has 1 aromatic carbocycles. The number of benzene rings is 1.